The minimum atomic E-state index is -0.346. The topological polar surface area (TPSA) is 41.6 Å². The maximum Gasteiger partial charge on any atom is 0.233 e. The molecule has 1 aliphatic carbocycles. The number of carbonyl (C=O) groups excluding carboxylic acids is 1. The number of hydrogen-bond donors (Lipinski definition) is 1. The van der Waals surface area contributed by atoms with E-state index >= 15 is 0 Å². The zero-order valence-corrected chi connectivity index (χ0v) is 18.5. The smallest absolute Gasteiger partial charge is 0.233 e. The first kappa shape index (κ1) is 20.9. The van der Waals surface area contributed by atoms with Crippen LogP contribution >= 0.6 is 0 Å². The Morgan fingerprint density at radius 2 is 1.83 bits per heavy atom. The van der Waals surface area contributed by atoms with Crippen molar-refractivity contribution in [2.75, 3.05) is 33.4 Å². The highest BCUT2D eigenvalue weighted by Gasteiger charge is 2.52. The summed E-state index contributed by atoms with van der Waals surface area (Å²) in [5.41, 5.74) is 2.38. The molecule has 4 rings (SSSR count). The molecule has 1 spiro atoms. The number of nitrogens with one attached hydrogen (secondary N) is 1. The Bertz CT molecular complexity index is 703. The molecule has 0 aromatic heterocycles. The fraction of sp³-hybridized carbons (Fsp3) is 0.720. The third-order valence-corrected chi connectivity index (χ3v) is 8.00. The maximum atomic E-state index is 14.0. The number of fused-ring (bicyclic) bond motifs is 2. The van der Waals surface area contributed by atoms with Crippen LogP contribution < -0.4 is 5.32 Å². The Labute approximate surface area is 176 Å². The summed E-state index contributed by atoms with van der Waals surface area (Å²) in [6, 6.07) is 9.07. The van der Waals surface area contributed by atoms with Crippen LogP contribution in [0.1, 0.15) is 69.5 Å². The summed E-state index contributed by atoms with van der Waals surface area (Å²) in [5, 5.41) is 3.46. The average molecular weight is 399 g/mol. The molecular formula is C25H38N2O2. The summed E-state index contributed by atoms with van der Waals surface area (Å²) in [7, 11) is 1.74. The Balaban J connectivity index is 1.71. The lowest BCUT2D eigenvalue weighted by Gasteiger charge is -2.52. The summed E-state index contributed by atoms with van der Waals surface area (Å²) < 4.78 is 5.43. The molecule has 0 radical (unpaired) electrons. The predicted molar refractivity (Wildman–Crippen MR) is 117 cm³/mol. The number of methoxy groups -OCH3 is 1. The number of amides is 1. The number of benzene rings is 1. The number of piperidine rings is 1. The Hall–Kier alpha value is -1.39. The van der Waals surface area contributed by atoms with Gasteiger partial charge in [-0.05, 0) is 80.5 Å². The van der Waals surface area contributed by atoms with Gasteiger partial charge in [-0.2, -0.15) is 0 Å². The second-order valence-corrected chi connectivity index (χ2v) is 9.77. The third kappa shape index (κ3) is 3.74. The summed E-state index contributed by atoms with van der Waals surface area (Å²) in [4.78, 5) is 16.3. The largest absolute Gasteiger partial charge is 0.383 e. The quantitative estimate of drug-likeness (QED) is 0.804. The number of rotatable bonds is 5. The van der Waals surface area contributed by atoms with E-state index in [1.165, 1.54) is 36.8 Å². The zero-order valence-electron chi connectivity index (χ0n) is 18.5. The van der Waals surface area contributed by atoms with Gasteiger partial charge in [-0.3, -0.25) is 4.79 Å². The second-order valence-electron chi connectivity index (χ2n) is 9.77. The van der Waals surface area contributed by atoms with Crippen LogP contribution in [0, 0.1) is 17.8 Å². The highest BCUT2D eigenvalue weighted by molar-refractivity contribution is 5.91. The lowest BCUT2D eigenvalue weighted by atomic mass is 9.64. The Morgan fingerprint density at radius 1 is 1.14 bits per heavy atom. The van der Waals surface area contributed by atoms with Gasteiger partial charge >= 0.3 is 0 Å². The number of nitrogens with zero attached hydrogens (tertiary/aromatic N) is 1. The molecule has 2 heterocycles. The van der Waals surface area contributed by atoms with Crippen LogP contribution in [-0.2, 0) is 14.9 Å². The van der Waals surface area contributed by atoms with Gasteiger partial charge in [-0.15, -0.1) is 0 Å². The van der Waals surface area contributed by atoms with E-state index < -0.39 is 0 Å². The highest BCUT2D eigenvalue weighted by atomic mass is 16.5. The molecule has 1 unspecified atom stereocenters. The Kier molecular flexibility index (Phi) is 6.31. The number of carbonyl (C=O) groups is 1. The predicted octanol–water partition coefficient (Wildman–Crippen LogP) is 4.30. The van der Waals surface area contributed by atoms with Crippen molar-refractivity contribution in [1.29, 1.82) is 0 Å². The van der Waals surface area contributed by atoms with E-state index in [4.69, 9.17) is 4.74 Å². The molecule has 1 saturated heterocycles. The standard InChI is InChI=1S/C25H38N2O2/c1-18(2)19-8-10-20(11-9-19)23-21-6-4-5-7-22(21)25(12-14-26-15-13-25)24(28)27(23)16-17-29-3/h4-7,18-20,23,26H,8-17H2,1-3H3. The second kappa shape index (κ2) is 8.77. The fourth-order valence-electron chi connectivity index (χ4n) is 6.28. The molecule has 1 saturated carbocycles. The van der Waals surface area contributed by atoms with Crippen molar-refractivity contribution >= 4 is 5.91 Å². The lowest BCUT2D eigenvalue weighted by molar-refractivity contribution is -0.146. The van der Waals surface area contributed by atoms with Crippen LogP contribution in [-0.4, -0.2) is 44.2 Å². The third-order valence-electron chi connectivity index (χ3n) is 8.00. The molecule has 1 amide bonds. The molecule has 1 aromatic carbocycles. The lowest BCUT2D eigenvalue weighted by Crippen LogP contribution is -2.58. The molecule has 2 fully saturated rings. The molecule has 1 N–H and O–H groups in total. The van der Waals surface area contributed by atoms with Crippen molar-refractivity contribution in [1.82, 2.24) is 10.2 Å². The molecule has 3 aliphatic rings. The molecular weight excluding hydrogens is 360 g/mol. The van der Waals surface area contributed by atoms with Crippen molar-refractivity contribution in [3.8, 4) is 0 Å². The van der Waals surface area contributed by atoms with Crippen molar-refractivity contribution in [3.63, 3.8) is 0 Å². The van der Waals surface area contributed by atoms with Gasteiger partial charge in [-0.1, -0.05) is 38.1 Å². The molecule has 1 atom stereocenters. The summed E-state index contributed by atoms with van der Waals surface area (Å²) in [6.45, 7) is 7.87. The first-order valence-electron chi connectivity index (χ1n) is 11.7. The first-order valence-corrected chi connectivity index (χ1v) is 11.7. The number of ether oxygens (including phenoxy) is 1. The van der Waals surface area contributed by atoms with Gasteiger partial charge < -0.3 is 15.0 Å². The van der Waals surface area contributed by atoms with Crippen LogP contribution in [0.4, 0.5) is 0 Å². The van der Waals surface area contributed by atoms with E-state index in [1.807, 2.05) is 0 Å². The van der Waals surface area contributed by atoms with E-state index in [0.29, 0.717) is 25.0 Å². The molecule has 0 bridgehead atoms. The van der Waals surface area contributed by atoms with Gasteiger partial charge in [0.1, 0.15) is 0 Å². The Morgan fingerprint density at radius 3 is 2.48 bits per heavy atom. The normalized spacial score (nSPS) is 29.3. The minimum absolute atomic E-state index is 0.211. The fourth-order valence-corrected chi connectivity index (χ4v) is 6.28. The van der Waals surface area contributed by atoms with Crippen molar-refractivity contribution < 1.29 is 9.53 Å². The van der Waals surface area contributed by atoms with Crippen molar-refractivity contribution in [3.05, 3.63) is 35.4 Å². The first-order chi connectivity index (χ1) is 14.1. The van der Waals surface area contributed by atoms with Crippen LogP contribution in [0.25, 0.3) is 0 Å². The molecule has 4 heteroatoms. The van der Waals surface area contributed by atoms with Gasteiger partial charge in [0.15, 0.2) is 0 Å². The van der Waals surface area contributed by atoms with Crippen LogP contribution in [0.5, 0.6) is 0 Å². The van der Waals surface area contributed by atoms with E-state index in [1.54, 1.807) is 7.11 Å². The van der Waals surface area contributed by atoms with Gasteiger partial charge in [0.2, 0.25) is 5.91 Å². The van der Waals surface area contributed by atoms with Gasteiger partial charge in [0.05, 0.1) is 18.1 Å². The van der Waals surface area contributed by atoms with Gasteiger partial charge in [0, 0.05) is 13.7 Å². The van der Waals surface area contributed by atoms with Crippen molar-refractivity contribution in [2.45, 2.75) is 63.8 Å². The summed E-state index contributed by atoms with van der Waals surface area (Å²) >= 11 is 0. The average Bonchev–Trinajstić information content (AvgIpc) is 2.76. The molecule has 2 aliphatic heterocycles. The van der Waals surface area contributed by atoms with Crippen LogP contribution in [0.15, 0.2) is 24.3 Å². The van der Waals surface area contributed by atoms with Crippen molar-refractivity contribution in [2.24, 2.45) is 17.8 Å². The monoisotopic (exact) mass is 398 g/mol. The van der Waals surface area contributed by atoms with Gasteiger partial charge in [-0.25, -0.2) is 0 Å². The molecule has 160 valence electrons. The molecule has 4 nitrogen and oxygen atoms in total. The zero-order chi connectivity index (χ0) is 20.4. The summed E-state index contributed by atoms with van der Waals surface area (Å²) in [5.74, 6) is 2.51. The van der Waals surface area contributed by atoms with Crippen LogP contribution in [0.3, 0.4) is 0 Å². The number of hydrogen-bond acceptors (Lipinski definition) is 3. The van der Waals surface area contributed by atoms with Gasteiger partial charge in [0.25, 0.3) is 0 Å². The molecule has 29 heavy (non-hydrogen) atoms. The highest BCUT2D eigenvalue weighted by Crippen LogP contribution is 2.51. The van der Waals surface area contributed by atoms with E-state index in [2.05, 4.69) is 48.3 Å². The SMILES string of the molecule is COCCN1C(=O)C2(CCNCC2)c2ccccc2C1C1CCC(C(C)C)CC1. The van der Waals surface area contributed by atoms with E-state index in [0.717, 1.165) is 37.8 Å². The maximum absolute atomic E-state index is 14.0. The minimum Gasteiger partial charge on any atom is -0.383 e. The summed E-state index contributed by atoms with van der Waals surface area (Å²) in [6.07, 6.45) is 6.85. The van der Waals surface area contributed by atoms with Crippen LogP contribution in [0.2, 0.25) is 0 Å². The molecule has 1 aromatic rings. The van der Waals surface area contributed by atoms with E-state index in [9.17, 15) is 4.79 Å². The van der Waals surface area contributed by atoms with E-state index in [-0.39, 0.29) is 11.5 Å².